The van der Waals surface area contributed by atoms with E-state index < -0.39 is 5.97 Å². The molecule has 2 heterocycles. The predicted molar refractivity (Wildman–Crippen MR) is 104 cm³/mol. The van der Waals surface area contributed by atoms with Gasteiger partial charge in [0.05, 0.1) is 12.1 Å². The number of esters is 1. The maximum atomic E-state index is 12.3. The SMILES string of the molecule is Cc1ccc(C)c(NC(=O)Cc2nc(COC(=O)c3ccccn3)cs2)c1. The van der Waals surface area contributed by atoms with Crippen LogP contribution in [0.3, 0.4) is 0 Å². The zero-order valence-corrected chi connectivity index (χ0v) is 15.9. The molecule has 27 heavy (non-hydrogen) atoms. The van der Waals surface area contributed by atoms with Crippen molar-refractivity contribution in [1.29, 1.82) is 0 Å². The molecule has 0 aliphatic rings. The highest BCUT2D eigenvalue weighted by Gasteiger charge is 2.12. The fraction of sp³-hybridized carbons (Fsp3) is 0.200. The molecule has 3 aromatic rings. The van der Waals surface area contributed by atoms with Gasteiger partial charge in [0.2, 0.25) is 5.91 Å². The number of carbonyl (C=O) groups excluding carboxylic acids is 2. The Labute approximate surface area is 161 Å². The van der Waals surface area contributed by atoms with Crippen LogP contribution >= 0.6 is 11.3 Å². The van der Waals surface area contributed by atoms with E-state index in [1.807, 2.05) is 32.0 Å². The minimum atomic E-state index is -0.502. The largest absolute Gasteiger partial charge is 0.454 e. The molecule has 6 nitrogen and oxygen atoms in total. The zero-order chi connectivity index (χ0) is 19.2. The fourth-order valence-corrected chi connectivity index (χ4v) is 3.17. The van der Waals surface area contributed by atoms with Gasteiger partial charge in [-0.25, -0.2) is 14.8 Å². The fourth-order valence-electron chi connectivity index (χ4n) is 2.40. The molecule has 1 N–H and O–H groups in total. The third kappa shape index (κ3) is 5.21. The van der Waals surface area contributed by atoms with Crippen molar-refractivity contribution in [2.24, 2.45) is 0 Å². The molecule has 0 atom stereocenters. The molecule has 0 saturated carbocycles. The molecule has 0 radical (unpaired) electrons. The van der Waals surface area contributed by atoms with Crippen molar-refractivity contribution >= 4 is 28.9 Å². The highest BCUT2D eigenvalue weighted by atomic mass is 32.1. The Morgan fingerprint density at radius 1 is 1.19 bits per heavy atom. The summed E-state index contributed by atoms with van der Waals surface area (Å²) >= 11 is 1.36. The lowest BCUT2D eigenvalue weighted by Gasteiger charge is -2.08. The molecule has 0 aliphatic carbocycles. The first-order valence-electron chi connectivity index (χ1n) is 8.40. The number of anilines is 1. The van der Waals surface area contributed by atoms with Gasteiger partial charge in [0, 0.05) is 17.3 Å². The van der Waals surface area contributed by atoms with Gasteiger partial charge in [-0.1, -0.05) is 18.2 Å². The molecule has 3 rings (SSSR count). The van der Waals surface area contributed by atoms with Gasteiger partial charge in [0.25, 0.3) is 0 Å². The Hall–Kier alpha value is -3.06. The number of aryl methyl sites for hydroxylation is 2. The van der Waals surface area contributed by atoms with Gasteiger partial charge in [-0.3, -0.25) is 4.79 Å². The van der Waals surface area contributed by atoms with Crippen molar-refractivity contribution in [3.63, 3.8) is 0 Å². The first kappa shape index (κ1) is 18.7. The predicted octanol–water partition coefficient (Wildman–Crippen LogP) is 3.69. The van der Waals surface area contributed by atoms with Crippen molar-refractivity contribution in [1.82, 2.24) is 9.97 Å². The lowest BCUT2D eigenvalue weighted by atomic mass is 10.1. The van der Waals surface area contributed by atoms with Crippen molar-refractivity contribution < 1.29 is 14.3 Å². The number of carbonyl (C=O) groups is 2. The van der Waals surface area contributed by atoms with Crippen molar-refractivity contribution in [3.05, 3.63) is 75.5 Å². The molecule has 2 aromatic heterocycles. The molecule has 0 saturated heterocycles. The number of pyridine rings is 1. The maximum Gasteiger partial charge on any atom is 0.357 e. The second kappa shape index (κ2) is 8.55. The summed E-state index contributed by atoms with van der Waals surface area (Å²) < 4.78 is 5.20. The number of ether oxygens (including phenoxy) is 1. The number of hydrogen-bond donors (Lipinski definition) is 1. The minimum Gasteiger partial charge on any atom is -0.454 e. The van der Waals surface area contributed by atoms with Crippen LogP contribution in [0.5, 0.6) is 0 Å². The Balaban J connectivity index is 1.54. The van der Waals surface area contributed by atoms with Crippen LogP contribution in [-0.4, -0.2) is 21.8 Å². The van der Waals surface area contributed by atoms with E-state index >= 15 is 0 Å². The van der Waals surface area contributed by atoms with Gasteiger partial charge >= 0.3 is 5.97 Å². The van der Waals surface area contributed by atoms with Crippen LogP contribution in [0.15, 0.2) is 48.0 Å². The van der Waals surface area contributed by atoms with Gasteiger partial charge in [0.1, 0.15) is 17.3 Å². The molecule has 0 unspecified atom stereocenters. The van der Waals surface area contributed by atoms with Gasteiger partial charge in [0.15, 0.2) is 0 Å². The van der Waals surface area contributed by atoms with E-state index in [0.717, 1.165) is 16.8 Å². The molecule has 0 fully saturated rings. The summed E-state index contributed by atoms with van der Waals surface area (Å²) in [6.45, 7) is 3.98. The number of hydrogen-bond acceptors (Lipinski definition) is 6. The van der Waals surface area contributed by atoms with Gasteiger partial charge in [-0.2, -0.15) is 0 Å². The quantitative estimate of drug-likeness (QED) is 0.659. The summed E-state index contributed by atoms with van der Waals surface area (Å²) in [6, 6.07) is 11.0. The van der Waals surface area contributed by atoms with Crippen LogP contribution in [0.25, 0.3) is 0 Å². The van der Waals surface area contributed by atoms with Crippen LogP contribution in [-0.2, 0) is 22.6 Å². The minimum absolute atomic E-state index is 0.0461. The number of rotatable bonds is 6. The molecule has 1 aromatic carbocycles. The summed E-state index contributed by atoms with van der Waals surface area (Å²) in [5.74, 6) is -0.632. The summed E-state index contributed by atoms with van der Waals surface area (Å²) in [4.78, 5) is 32.5. The number of nitrogens with zero attached hydrogens (tertiary/aromatic N) is 2. The molecule has 1 amide bonds. The van der Waals surface area contributed by atoms with Crippen LogP contribution in [0, 0.1) is 13.8 Å². The molecular weight excluding hydrogens is 362 g/mol. The number of benzene rings is 1. The second-order valence-corrected chi connectivity index (χ2v) is 7.01. The first-order chi connectivity index (χ1) is 13.0. The van der Waals surface area contributed by atoms with Gasteiger partial charge in [-0.15, -0.1) is 11.3 Å². The monoisotopic (exact) mass is 381 g/mol. The first-order valence-corrected chi connectivity index (χ1v) is 9.28. The van der Waals surface area contributed by atoms with Gasteiger partial charge in [-0.05, 0) is 43.2 Å². The van der Waals surface area contributed by atoms with Crippen LogP contribution in [0.2, 0.25) is 0 Å². The second-order valence-electron chi connectivity index (χ2n) is 6.07. The van der Waals surface area contributed by atoms with E-state index in [1.165, 1.54) is 17.5 Å². The van der Waals surface area contributed by atoms with Crippen LogP contribution in [0.4, 0.5) is 5.69 Å². The molecule has 0 aliphatic heterocycles. The summed E-state index contributed by atoms with van der Waals surface area (Å²) in [7, 11) is 0. The number of amides is 1. The standard InChI is InChI=1S/C20H19N3O3S/c1-13-6-7-14(2)17(9-13)23-18(24)10-19-22-15(12-27-19)11-26-20(25)16-5-3-4-8-21-16/h3-9,12H,10-11H2,1-2H3,(H,23,24). The van der Waals surface area contributed by atoms with E-state index in [9.17, 15) is 9.59 Å². The zero-order valence-electron chi connectivity index (χ0n) is 15.1. The highest BCUT2D eigenvalue weighted by molar-refractivity contribution is 7.09. The summed E-state index contributed by atoms with van der Waals surface area (Å²) in [6.07, 6.45) is 1.71. The lowest BCUT2D eigenvalue weighted by Crippen LogP contribution is -2.15. The number of nitrogens with one attached hydrogen (secondary N) is 1. The van der Waals surface area contributed by atoms with Crippen molar-refractivity contribution in [3.8, 4) is 0 Å². The Bertz CT molecular complexity index is 954. The number of aromatic nitrogens is 2. The Kier molecular flexibility index (Phi) is 5.93. The smallest absolute Gasteiger partial charge is 0.357 e. The molecular formula is C20H19N3O3S. The van der Waals surface area contributed by atoms with E-state index in [4.69, 9.17) is 4.74 Å². The van der Waals surface area contributed by atoms with Crippen LogP contribution < -0.4 is 5.32 Å². The van der Waals surface area contributed by atoms with Crippen LogP contribution in [0.1, 0.15) is 32.3 Å². The molecule has 138 valence electrons. The highest BCUT2D eigenvalue weighted by Crippen LogP contribution is 2.18. The van der Waals surface area contributed by atoms with Gasteiger partial charge < -0.3 is 10.1 Å². The van der Waals surface area contributed by atoms with E-state index in [2.05, 4.69) is 15.3 Å². The van der Waals surface area contributed by atoms with E-state index in [-0.39, 0.29) is 24.6 Å². The van der Waals surface area contributed by atoms with E-state index in [0.29, 0.717) is 10.7 Å². The topological polar surface area (TPSA) is 81.2 Å². The third-order valence-electron chi connectivity index (χ3n) is 3.80. The molecule has 0 spiro atoms. The van der Waals surface area contributed by atoms with E-state index in [1.54, 1.807) is 23.6 Å². The van der Waals surface area contributed by atoms with Crippen molar-refractivity contribution in [2.75, 3.05) is 5.32 Å². The summed E-state index contributed by atoms with van der Waals surface area (Å²) in [5, 5.41) is 5.37. The molecule has 7 heteroatoms. The number of thiazole rings is 1. The maximum absolute atomic E-state index is 12.3. The Morgan fingerprint density at radius 3 is 2.81 bits per heavy atom. The third-order valence-corrected chi connectivity index (χ3v) is 4.70. The average molecular weight is 381 g/mol. The lowest BCUT2D eigenvalue weighted by molar-refractivity contribution is -0.115. The normalized spacial score (nSPS) is 10.4. The average Bonchev–Trinajstić information content (AvgIpc) is 3.10. The molecule has 0 bridgehead atoms. The summed E-state index contributed by atoms with van der Waals surface area (Å²) in [5.41, 5.74) is 3.76. The Morgan fingerprint density at radius 2 is 2.04 bits per heavy atom. The van der Waals surface area contributed by atoms with Crippen molar-refractivity contribution in [2.45, 2.75) is 26.9 Å².